The molecule has 0 aliphatic rings. The van der Waals surface area contributed by atoms with E-state index >= 15 is 0 Å². The van der Waals surface area contributed by atoms with Gasteiger partial charge in [0.25, 0.3) is 0 Å². The van der Waals surface area contributed by atoms with Gasteiger partial charge in [-0.3, -0.25) is 4.98 Å². The second kappa shape index (κ2) is 6.54. The van der Waals surface area contributed by atoms with Crippen molar-refractivity contribution in [2.75, 3.05) is 0 Å². The summed E-state index contributed by atoms with van der Waals surface area (Å²) in [5, 5.41) is 0. The minimum Gasteiger partial charge on any atom is -0.261 e. The second-order valence-corrected chi connectivity index (χ2v) is 4.06. The van der Waals surface area contributed by atoms with Crippen molar-refractivity contribution in [3.05, 3.63) is 29.6 Å². The van der Waals surface area contributed by atoms with Gasteiger partial charge in [0, 0.05) is 17.5 Å². The number of aromatic nitrogens is 1. The van der Waals surface area contributed by atoms with Crippen LogP contribution in [-0.2, 0) is 13.1 Å². The molecule has 1 unspecified atom stereocenters. The minimum atomic E-state index is -0.417. The first-order valence-electron chi connectivity index (χ1n) is 5.79. The molecule has 1 nitrogen and oxygen atoms in total. The fraction of sp³-hybridized carbons (Fsp3) is 0.615. The van der Waals surface area contributed by atoms with E-state index in [4.69, 9.17) is 0 Å². The molecule has 1 heterocycles. The summed E-state index contributed by atoms with van der Waals surface area (Å²) in [5.74, 6) is 0.721. The quantitative estimate of drug-likeness (QED) is 0.692. The topological polar surface area (TPSA) is 12.9 Å². The zero-order valence-electron chi connectivity index (χ0n) is 9.67. The zero-order valence-corrected chi connectivity index (χ0v) is 9.67. The largest absolute Gasteiger partial charge is 0.261 e. The molecule has 1 atom stereocenters. The summed E-state index contributed by atoms with van der Waals surface area (Å²) < 4.78 is 12.3. The first-order chi connectivity index (χ1) is 7.30. The van der Waals surface area contributed by atoms with Crippen LogP contribution in [0.3, 0.4) is 0 Å². The summed E-state index contributed by atoms with van der Waals surface area (Å²) in [6.07, 6.45) is 6.34. The molecule has 0 bridgehead atoms. The number of nitrogens with zero attached hydrogens (tertiary/aromatic N) is 1. The molecule has 1 aromatic heterocycles. The predicted molar refractivity (Wildman–Crippen MR) is 61.4 cm³/mol. The monoisotopic (exact) mass is 209 g/mol. The maximum Gasteiger partial charge on any atom is 0.116 e. The maximum atomic E-state index is 12.3. The highest BCUT2D eigenvalue weighted by Crippen LogP contribution is 2.16. The Bertz CT molecular complexity index is 268. The van der Waals surface area contributed by atoms with Gasteiger partial charge in [-0.2, -0.15) is 0 Å². The van der Waals surface area contributed by atoms with Crippen molar-refractivity contribution in [3.63, 3.8) is 0 Å². The molecule has 0 fully saturated rings. The average Bonchev–Trinajstić information content (AvgIpc) is 2.29. The Morgan fingerprint density at radius 3 is 2.60 bits per heavy atom. The molecule has 15 heavy (non-hydrogen) atoms. The summed E-state index contributed by atoms with van der Waals surface area (Å²) >= 11 is 0. The van der Waals surface area contributed by atoms with E-state index < -0.39 is 6.67 Å². The van der Waals surface area contributed by atoms with E-state index in [0.29, 0.717) is 5.56 Å². The van der Waals surface area contributed by atoms with Gasteiger partial charge in [-0.05, 0) is 18.4 Å². The lowest BCUT2D eigenvalue weighted by Gasteiger charge is -2.12. The standard InChI is InChI=1S/C13H20FN/c1-3-5-11(4-2)8-13-7-6-12(9-14)10-15-13/h6-7,10-11H,3-5,8-9H2,1-2H3. The van der Waals surface area contributed by atoms with Gasteiger partial charge in [0.05, 0.1) is 0 Å². The molecule has 0 N–H and O–H groups in total. The molecule has 1 rings (SSSR count). The first-order valence-corrected chi connectivity index (χ1v) is 5.79. The minimum absolute atomic E-state index is 0.417. The zero-order chi connectivity index (χ0) is 11.1. The van der Waals surface area contributed by atoms with Crippen LogP contribution in [0.5, 0.6) is 0 Å². The van der Waals surface area contributed by atoms with Gasteiger partial charge in [-0.1, -0.05) is 39.2 Å². The normalized spacial score (nSPS) is 12.7. The van der Waals surface area contributed by atoms with Crippen molar-refractivity contribution in [2.45, 2.75) is 46.2 Å². The maximum absolute atomic E-state index is 12.3. The van der Waals surface area contributed by atoms with Crippen LogP contribution in [0.2, 0.25) is 0 Å². The first kappa shape index (κ1) is 12.2. The number of pyridine rings is 1. The van der Waals surface area contributed by atoms with Crippen LogP contribution < -0.4 is 0 Å². The fourth-order valence-corrected chi connectivity index (χ4v) is 1.81. The van der Waals surface area contributed by atoms with Gasteiger partial charge in [-0.15, -0.1) is 0 Å². The number of halogens is 1. The smallest absolute Gasteiger partial charge is 0.116 e. The van der Waals surface area contributed by atoms with Crippen molar-refractivity contribution in [3.8, 4) is 0 Å². The lowest BCUT2D eigenvalue weighted by Crippen LogP contribution is -2.04. The van der Waals surface area contributed by atoms with E-state index in [1.165, 1.54) is 19.3 Å². The number of hydrogen-bond donors (Lipinski definition) is 0. The molecular formula is C13H20FN. The molecule has 0 saturated carbocycles. The number of alkyl halides is 1. The van der Waals surface area contributed by atoms with Crippen molar-refractivity contribution in [1.29, 1.82) is 0 Å². The molecule has 0 radical (unpaired) electrons. The highest BCUT2D eigenvalue weighted by molar-refractivity contribution is 5.13. The third kappa shape index (κ3) is 3.98. The summed E-state index contributed by atoms with van der Waals surface area (Å²) in [4.78, 5) is 4.28. The molecule has 0 aromatic carbocycles. The van der Waals surface area contributed by atoms with Crippen LogP contribution in [0.15, 0.2) is 18.3 Å². The summed E-state index contributed by atoms with van der Waals surface area (Å²) in [6.45, 7) is 4.01. The molecule has 1 aromatic rings. The van der Waals surface area contributed by atoms with Gasteiger partial charge in [0.1, 0.15) is 6.67 Å². The summed E-state index contributed by atoms with van der Waals surface area (Å²) in [5.41, 5.74) is 1.76. The third-order valence-corrected chi connectivity index (χ3v) is 2.81. The molecule has 84 valence electrons. The Morgan fingerprint density at radius 2 is 2.13 bits per heavy atom. The van der Waals surface area contributed by atoms with Gasteiger partial charge in [0.2, 0.25) is 0 Å². The number of rotatable bonds is 6. The Balaban J connectivity index is 2.55. The highest BCUT2D eigenvalue weighted by atomic mass is 19.1. The Morgan fingerprint density at radius 1 is 1.33 bits per heavy atom. The van der Waals surface area contributed by atoms with Crippen LogP contribution in [-0.4, -0.2) is 4.98 Å². The summed E-state index contributed by atoms with van der Waals surface area (Å²) in [6, 6.07) is 3.79. The fourth-order valence-electron chi connectivity index (χ4n) is 1.81. The summed E-state index contributed by atoms with van der Waals surface area (Å²) in [7, 11) is 0. The lowest BCUT2D eigenvalue weighted by molar-refractivity contribution is 0.456. The molecule has 0 spiro atoms. The molecule has 0 saturated heterocycles. The Hall–Kier alpha value is -0.920. The third-order valence-electron chi connectivity index (χ3n) is 2.81. The van der Waals surface area contributed by atoms with E-state index in [2.05, 4.69) is 18.8 Å². The van der Waals surface area contributed by atoms with E-state index in [1.807, 2.05) is 12.1 Å². The van der Waals surface area contributed by atoms with E-state index in [-0.39, 0.29) is 0 Å². The van der Waals surface area contributed by atoms with Gasteiger partial charge < -0.3 is 0 Å². The van der Waals surface area contributed by atoms with Gasteiger partial charge >= 0.3 is 0 Å². The van der Waals surface area contributed by atoms with Crippen molar-refractivity contribution in [2.24, 2.45) is 5.92 Å². The molecular weight excluding hydrogens is 189 g/mol. The van der Waals surface area contributed by atoms with Crippen LogP contribution >= 0.6 is 0 Å². The highest BCUT2D eigenvalue weighted by Gasteiger charge is 2.07. The average molecular weight is 209 g/mol. The van der Waals surface area contributed by atoms with Crippen molar-refractivity contribution in [1.82, 2.24) is 4.98 Å². The van der Waals surface area contributed by atoms with Crippen molar-refractivity contribution < 1.29 is 4.39 Å². The number of hydrogen-bond acceptors (Lipinski definition) is 1. The Kier molecular flexibility index (Phi) is 5.30. The SMILES string of the molecule is CCCC(CC)Cc1ccc(CF)cn1. The van der Waals surface area contributed by atoms with E-state index in [9.17, 15) is 4.39 Å². The van der Waals surface area contributed by atoms with E-state index in [1.54, 1.807) is 6.20 Å². The van der Waals surface area contributed by atoms with Crippen LogP contribution in [0, 0.1) is 5.92 Å². The Labute approximate surface area is 91.7 Å². The van der Waals surface area contributed by atoms with Gasteiger partial charge in [0.15, 0.2) is 0 Å². The molecule has 2 heteroatoms. The molecule has 0 aliphatic heterocycles. The lowest BCUT2D eigenvalue weighted by atomic mass is 9.95. The van der Waals surface area contributed by atoms with Crippen LogP contribution in [0.1, 0.15) is 44.4 Å². The van der Waals surface area contributed by atoms with Gasteiger partial charge in [-0.25, -0.2) is 4.39 Å². The van der Waals surface area contributed by atoms with E-state index in [0.717, 1.165) is 18.0 Å². The predicted octanol–water partition coefficient (Wildman–Crippen LogP) is 3.92. The van der Waals surface area contributed by atoms with Crippen LogP contribution in [0.25, 0.3) is 0 Å². The molecule has 0 amide bonds. The second-order valence-electron chi connectivity index (χ2n) is 4.06. The molecule has 0 aliphatic carbocycles. The van der Waals surface area contributed by atoms with Crippen molar-refractivity contribution >= 4 is 0 Å². The van der Waals surface area contributed by atoms with Crippen LogP contribution in [0.4, 0.5) is 4.39 Å².